The summed E-state index contributed by atoms with van der Waals surface area (Å²) < 4.78 is 0. The molecule has 0 spiro atoms. The molecular formula is C39H30N2. The van der Waals surface area contributed by atoms with Crippen molar-refractivity contribution < 1.29 is 0 Å². The van der Waals surface area contributed by atoms with Crippen LogP contribution in [0.4, 0.5) is 17.1 Å². The van der Waals surface area contributed by atoms with Crippen LogP contribution in [-0.2, 0) is 0 Å². The van der Waals surface area contributed by atoms with Gasteiger partial charge in [0.2, 0.25) is 0 Å². The molecule has 0 fully saturated rings. The van der Waals surface area contributed by atoms with E-state index in [0.717, 1.165) is 17.1 Å². The molecule has 0 bridgehead atoms. The number of hydrogen-bond acceptors (Lipinski definition) is 2. The highest BCUT2D eigenvalue weighted by Gasteiger charge is 2.23. The third-order valence-corrected chi connectivity index (χ3v) is 7.84. The fourth-order valence-corrected chi connectivity index (χ4v) is 6.12. The SMILES string of the molecule is CC.c1ccc(N(c2cccnc2)c2cccc(-c3ccc4c5c(cccc35)-c3cc5ccccc5cc3-4)c2)cc1. The van der Waals surface area contributed by atoms with Crippen molar-refractivity contribution in [2.75, 3.05) is 4.90 Å². The van der Waals surface area contributed by atoms with Crippen LogP contribution in [0.1, 0.15) is 13.8 Å². The van der Waals surface area contributed by atoms with Crippen molar-refractivity contribution in [3.63, 3.8) is 0 Å². The Hall–Kier alpha value is -5.21. The van der Waals surface area contributed by atoms with E-state index in [9.17, 15) is 0 Å². The number of pyridine rings is 1. The molecule has 41 heavy (non-hydrogen) atoms. The molecule has 196 valence electrons. The van der Waals surface area contributed by atoms with Crippen LogP contribution in [0.2, 0.25) is 0 Å². The Balaban J connectivity index is 0.00000135. The molecule has 2 nitrogen and oxygen atoms in total. The van der Waals surface area contributed by atoms with Crippen molar-refractivity contribution in [3.8, 4) is 33.4 Å². The molecule has 0 saturated carbocycles. The zero-order chi connectivity index (χ0) is 27.8. The molecule has 6 aromatic carbocycles. The van der Waals surface area contributed by atoms with E-state index in [1.54, 1.807) is 0 Å². The first-order valence-electron chi connectivity index (χ1n) is 14.3. The minimum absolute atomic E-state index is 1.03. The number of benzene rings is 6. The zero-order valence-corrected chi connectivity index (χ0v) is 23.3. The smallest absolute Gasteiger partial charge is 0.0644 e. The zero-order valence-electron chi connectivity index (χ0n) is 23.3. The van der Waals surface area contributed by atoms with Crippen LogP contribution in [0, 0.1) is 0 Å². The minimum Gasteiger partial charge on any atom is -0.309 e. The van der Waals surface area contributed by atoms with Crippen LogP contribution < -0.4 is 4.90 Å². The van der Waals surface area contributed by atoms with E-state index in [2.05, 4.69) is 137 Å². The summed E-state index contributed by atoms with van der Waals surface area (Å²) in [6.45, 7) is 4.00. The molecule has 7 aromatic rings. The topological polar surface area (TPSA) is 16.1 Å². The van der Waals surface area contributed by atoms with Gasteiger partial charge in [-0.2, -0.15) is 0 Å². The molecule has 0 aliphatic heterocycles. The molecule has 1 heterocycles. The third-order valence-electron chi connectivity index (χ3n) is 7.84. The van der Waals surface area contributed by atoms with Gasteiger partial charge in [-0.3, -0.25) is 4.98 Å². The van der Waals surface area contributed by atoms with Gasteiger partial charge in [-0.05, 0) is 103 Å². The summed E-state index contributed by atoms with van der Waals surface area (Å²) in [5.74, 6) is 0. The number of hydrogen-bond donors (Lipinski definition) is 0. The Morgan fingerprint density at radius 1 is 0.463 bits per heavy atom. The Labute approximate surface area is 241 Å². The third kappa shape index (κ3) is 4.16. The Kier molecular flexibility index (Phi) is 6.29. The van der Waals surface area contributed by atoms with Crippen molar-refractivity contribution >= 4 is 38.6 Å². The minimum atomic E-state index is 1.03. The molecule has 0 atom stereocenters. The van der Waals surface area contributed by atoms with E-state index in [0.29, 0.717) is 0 Å². The van der Waals surface area contributed by atoms with Crippen LogP contribution in [0.5, 0.6) is 0 Å². The first kappa shape index (κ1) is 24.8. The summed E-state index contributed by atoms with van der Waals surface area (Å²) >= 11 is 0. The molecule has 0 amide bonds. The van der Waals surface area contributed by atoms with Crippen LogP contribution in [0.25, 0.3) is 54.9 Å². The normalized spacial score (nSPS) is 11.2. The van der Waals surface area contributed by atoms with Gasteiger partial charge >= 0.3 is 0 Å². The lowest BCUT2D eigenvalue weighted by Gasteiger charge is -2.25. The fourth-order valence-electron chi connectivity index (χ4n) is 6.12. The maximum absolute atomic E-state index is 4.40. The van der Waals surface area contributed by atoms with Crippen LogP contribution >= 0.6 is 0 Å². The summed E-state index contributed by atoms with van der Waals surface area (Å²) in [4.78, 5) is 6.66. The second-order valence-corrected chi connectivity index (χ2v) is 10.1. The number of anilines is 3. The summed E-state index contributed by atoms with van der Waals surface area (Å²) in [6, 6.07) is 48.1. The number of nitrogens with zero attached hydrogens (tertiary/aromatic N) is 2. The average Bonchev–Trinajstić information content (AvgIpc) is 3.36. The van der Waals surface area contributed by atoms with E-state index in [4.69, 9.17) is 0 Å². The quantitative estimate of drug-likeness (QED) is 0.227. The first-order chi connectivity index (χ1) is 20.3. The van der Waals surface area contributed by atoms with Crippen molar-refractivity contribution in [1.29, 1.82) is 0 Å². The van der Waals surface area contributed by atoms with Crippen LogP contribution in [-0.4, -0.2) is 4.98 Å². The van der Waals surface area contributed by atoms with Crippen LogP contribution in [0.3, 0.4) is 0 Å². The fraction of sp³-hybridized carbons (Fsp3) is 0.0513. The van der Waals surface area contributed by atoms with Gasteiger partial charge in [0, 0.05) is 17.6 Å². The van der Waals surface area contributed by atoms with Gasteiger partial charge in [0.1, 0.15) is 0 Å². The average molecular weight is 527 g/mol. The van der Waals surface area contributed by atoms with Gasteiger partial charge in [0.25, 0.3) is 0 Å². The van der Waals surface area contributed by atoms with E-state index in [1.165, 1.54) is 54.9 Å². The molecule has 1 aliphatic rings. The lowest BCUT2D eigenvalue weighted by atomic mass is 9.94. The predicted octanol–water partition coefficient (Wildman–Crippen LogP) is 11.2. The molecule has 0 N–H and O–H groups in total. The van der Waals surface area contributed by atoms with Crippen molar-refractivity contribution in [1.82, 2.24) is 4.98 Å². The van der Waals surface area contributed by atoms with E-state index >= 15 is 0 Å². The van der Waals surface area contributed by atoms with E-state index < -0.39 is 0 Å². The molecule has 0 saturated heterocycles. The molecule has 0 radical (unpaired) electrons. The largest absolute Gasteiger partial charge is 0.309 e. The van der Waals surface area contributed by atoms with Crippen LogP contribution in [0.15, 0.2) is 146 Å². The molecular weight excluding hydrogens is 496 g/mol. The summed E-state index contributed by atoms with van der Waals surface area (Å²) in [5, 5.41) is 5.20. The second kappa shape index (κ2) is 10.4. The molecule has 1 aromatic heterocycles. The second-order valence-electron chi connectivity index (χ2n) is 10.1. The lowest BCUT2D eigenvalue weighted by molar-refractivity contribution is 1.23. The Morgan fingerprint density at radius 3 is 1.83 bits per heavy atom. The lowest BCUT2D eigenvalue weighted by Crippen LogP contribution is -2.10. The van der Waals surface area contributed by atoms with Gasteiger partial charge in [-0.1, -0.05) is 98.8 Å². The van der Waals surface area contributed by atoms with Gasteiger partial charge in [-0.25, -0.2) is 0 Å². The number of fused-ring (bicyclic) bond motifs is 4. The van der Waals surface area contributed by atoms with Crippen molar-refractivity contribution in [2.45, 2.75) is 13.8 Å². The maximum atomic E-state index is 4.40. The number of rotatable bonds is 4. The molecule has 1 aliphatic carbocycles. The van der Waals surface area contributed by atoms with Gasteiger partial charge in [0.05, 0.1) is 11.9 Å². The highest BCUT2D eigenvalue weighted by Crippen LogP contribution is 2.50. The van der Waals surface area contributed by atoms with Crippen molar-refractivity contribution in [2.24, 2.45) is 0 Å². The number of aromatic nitrogens is 1. The molecule has 2 heteroatoms. The van der Waals surface area contributed by atoms with Crippen molar-refractivity contribution in [3.05, 3.63) is 146 Å². The number of para-hydroxylation sites is 1. The summed E-state index contributed by atoms with van der Waals surface area (Å²) in [7, 11) is 0. The van der Waals surface area contributed by atoms with Gasteiger partial charge in [-0.15, -0.1) is 0 Å². The summed E-state index contributed by atoms with van der Waals surface area (Å²) in [6.07, 6.45) is 3.73. The van der Waals surface area contributed by atoms with Gasteiger partial charge < -0.3 is 4.90 Å². The predicted molar refractivity (Wildman–Crippen MR) is 175 cm³/mol. The Bertz CT molecular complexity index is 1920. The first-order valence-corrected chi connectivity index (χ1v) is 14.3. The summed E-state index contributed by atoms with van der Waals surface area (Å²) in [5.41, 5.74) is 11.0. The van der Waals surface area contributed by atoms with E-state index in [1.807, 2.05) is 32.3 Å². The molecule has 0 unspecified atom stereocenters. The standard InChI is InChI=1S/C37H24N2.C2H6/c1-2-12-28(13-3-1)39(30-15-8-20-38-24-30)29-14-6-11-27(21-29)31-18-19-34-36-23-26-10-5-4-9-25(26)22-35(36)33-17-7-16-32(31)37(33)34;1-2/h1-24H;1-2H3. The molecule has 8 rings (SSSR count). The highest BCUT2D eigenvalue weighted by molar-refractivity contribution is 6.20. The van der Waals surface area contributed by atoms with Gasteiger partial charge in [0.15, 0.2) is 0 Å². The monoisotopic (exact) mass is 526 g/mol. The maximum Gasteiger partial charge on any atom is 0.0644 e. The Morgan fingerprint density at radius 2 is 1.10 bits per heavy atom. The van der Waals surface area contributed by atoms with E-state index in [-0.39, 0.29) is 0 Å². The highest BCUT2D eigenvalue weighted by atomic mass is 15.1.